The number of rotatable bonds is 4. The van der Waals surface area contributed by atoms with E-state index in [1.165, 1.54) is 6.07 Å². The zero-order chi connectivity index (χ0) is 20.5. The van der Waals surface area contributed by atoms with Crippen molar-refractivity contribution < 1.29 is 19.0 Å². The van der Waals surface area contributed by atoms with E-state index in [2.05, 4.69) is 0 Å². The Hall–Kier alpha value is -2.89. The average molecular weight is 412 g/mol. The number of aryl methyl sites for hydroxylation is 1. The maximum absolute atomic E-state index is 13.5. The summed E-state index contributed by atoms with van der Waals surface area (Å²) in [4.78, 5) is 11.7. The van der Waals surface area contributed by atoms with E-state index < -0.39 is 23.7 Å². The number of carboxylic acid groups (broad SMARTS) is 1. The summed E-state index contributed by atoms with van der Waals surface area (Å²) in [5.41, 5.74) is 9.19. The van der Waals surface area contributed by atoms with E-state index in [-0.39, 0.29) is 5.02 Å². The number of ether oxygens (including phenoxy) is 1. The van der Waals surface area contributed by atoms with Crippen LogP contribution in [-0.4, -0.2) is 17.1 Å². The third-order valence-corrected chi connectivity index (χ3v) is 5.53. The van der Waals surface area contributed by atoms with Gasteiger partial charge >= 0.3 is 5.97 Å². The first kappa shape index (κ1) is 19.4. The minimum atomic E-state index is -0.933. The lowest BCUT2D eigenvalue weighted by atomic mass is 9.79. The van der Waals surface area contributed by atoms with Gasteiger partial charge in [-0.15, -0.1) is 0 Å². The second-order valence-corrected chi connectivity index (χ2v) is 7.51. The number of para-hydroxylation sites is 1. The van der Waals surface area contributed by atoms with E-state index in [9.17, 15) is 14.3 Å². The molecule has 0 saturated carbocycles. The van der Waals surface area contributed by atoms with Crippen molar-refractivity contribution in [2.75, 3.05) is 0 Å². The third-order valence-electron chi connectivity index (χ3n) is 5.24. The Morgan fingerprint density at radius 1 is 1.14 bits per heavy atom. The Morgan fingerprint density at radius 2 is 1.93 bits per heavy atom. The van der Waals surface area contributed by atoms with E-state index in [4.69, 9.17) is 22.1 Å². The van der Waals surface area contributed by atoms with Crippen LogP contribution in [0.15, 0.2) is 60.7 Å². The van der Waals surface area contributed by atoms with Crippen LogP contribution >= 0.6 is 11.6 Å². The molecule has 2 atom stereocenters. The molecule has 3 N–H and O–H groups in total. The first-order valence-corrected chi connectivity index (χ1v) is 9.65. The summed E-state index contributed by atoms with van der Waals surface area (Å²) in [5.74, 6) is -1.10. The molecule has 6 heteroatoms. The summed E-state index contributed by atoms with van der Waals surface area (Å²) in [6.07, 6.45) is 1.38. The summed E-state index contributed by atoms with van der Waals surface area (Å²) in [5, 5.41) is 9.65. The fourth-order valence-corrected chi connectivity index (χ4v) is 3.95. The average Bonchev–Trinajstić information content (AvgIpc) is 2.70. The van der Waals surface area contributed by atoms with Gasteiger partial charge in [0.25, 0.3) is 0 Å². The van der Waals surface area contributed by atoms with Crippen LogP contribution < -0.4 is 10.5 Å². The normalized spacial score (nSPS) is 18.2. The zero-order valence-corrected chi connectivity index (χ0v) is 16.2. The van der Waals surface area contributed by atoms with E-state index in [0.29, 0.717) is 23.5 Å². The van der Waals surface area contributed by atoms with E-state index >= 15 is 0 Å². The van der Waals surface area contributed by atoms with Crippen LogP contribution in [0.5, 0.6) is 11.5 Å². The lowest BCUT2D eigenvalue weighted by Gasteiger charge is -2.28. The molecule has 0 bridgehead atoms. The summed E-state index contributed by atoms with van der Waals surface area (Å²) in [6.45, 7) is 0. The molecule has 29 heavy (non-hydrogen) atoms. The van der Waals surface area contributed by atoms with E-state index in [0.717, 1.165) is 23.1 Å². The molecule has 1 aliphatic rings. The molecular weight excluding hydrogens is 393 g/mol. The minimum Gasteiger partial charge on any atom is -0.481 e. The number of fused-ring (bicyclic) bond motifs is 1. The molecule has 148 valence electrons. The van der Waals surface area contributed by atoms with Crippen LogP contribution in [0.3, 0.4) is 0 Å². The predicted octanol–water partition coefficient (Wildman–Crippen LogP) is 5.38. The smallest absolute Gasteiger partial charge is 0.312 e. The van der Waals surface area contributed by atoms with Gasteiger partial charge in [0.05, 0.1) is 10.9 Å². The zero-order valence-electron chi connectivity index (χ0n) is 15.4. The summed E-state index contributed by atoms with van der Waals surface area (Å²) in [6, 6.07) is 16.9. The molecule has 1 aliphatic carbocycles. The highest BCUT2D eigenvalue weighted by Gasteiger charge is 2.33. The number of halogens is 2. The van der Waals surface area contributed by atoms with Crippen molar-refractivity contribution in [3.8, 4) is 22.6 Å². The SMILES string of the molecule is NC1CCc2ccc(Oc3ccccc3-c3ccc(F)c(Cl)c3)cc2C1C(=O)O. The molecular formula is C23H19ClFNO3. The van der Waals surface area contributed by atoms with Crippen molar-refractivity contribution in [1.29, 1.82) is 0 Å². The van der Waals surface area contributed by atoms with Gasteiger partial charge in [0, 0.05) is 11.6 Å². The minimum absolute atomic E-state index is 0.0318. The highest BCUT2D eigenvalue weighted by molar-refractivity contribution is 6.31. The van der Waals surface area contributed by atoms with Crippen molar-refractivity contribution in [3.05, 3.63) is 82.6 Å². The molecule has 0 aliphatic heterocycles. The topological polar surface area (TPSA) is 72.5 Å². The Balaban J connectivity index is 1.71. The van der Waals surface area contributed by atoms with E-state index in [1.54, 1.807) is 24.3 Å². The number of carbonyl (C=O) groups is 1. The predicted molar refractivity (Wildman–Crippen MR) is 110 cm³/mol. The summed E-state index contributed by atoms with van der Waals surface area (Å²) >= 11 is 5.93. The fourth-order valence-electron chi connectivity index (χ4n) is 3.77. The summed E-state index contributed by atoms with van der Waals surface area (Å²) < 4.78 is 19.6. The number of benzene rings is 3. The number of hydrogen-bond donors (Lipinski definition) is 2. The molecule has 0 spiro atoms. The van der Waals surface area contributed by atoms with Gasteiger partial charge in [0.1, 0.15) is 17.3 Å². The van der Waals surface area contributed by atoms with Crippen molar-refractivity contribution >= 4 is 17.6 Å². The van der Waals surface area contributed by atoms with Gasteiger partial charge in [-0.25, -0.2) is 4.39 Å². The van der Waals surface area contributed by atoms with Gasteiger partial charge in [-0.1, -0.05) is 41.9 Å². The molecule has 3 aromatic carbocycles. The maximum Gasteiger partial charge on any atom is 0.312 e. The molecule has 0 heterocycles. The molecule has 3 aromatic rings. The van der Waals surface area contributed by atoms with Crippen LogP contribution in [0.2, 0.25) is 5.02 Å². The van der Waals surface area contributed by atoms with Crippen LogP contribution in [-0.2, 0) is 11.2 Å². The van der Waals surface area contributed by atoms with Crippen LogP contribution in [0.4, 0.5) is 4.39 Å². The molecule has 0 amide bonds. The maximum atomic E-state index is 13.5. The lowest BCUT2D eigenvalue weighted by molar-refractivity contribution is -0.139. The molecule has 0 saturated heterocycles. The van der Waals surface area contributed by atoms with Crippen LogP contribution in [0, 0.1) is 5.82 Å². The number of carboxylic acids is 1. The molecule has 4 rings (SSSR count). The molecule has 0 aromatic heterocycles. The van der Waals surface area contributed by atoms with E-state index in [1.807, 2.05) is 30.3 Å². The Kier molecular flexibility index (Phi) is 5.26. The quantitative estimate of drug-likeness (QED) is 0.604. The number of hydrogen-bond acceptors (Lipinski definition) is 3. The summed E-state index contributed by atoms with van der Waals surface area (Å²) in [7, 11) is 0. The molecule has 0 radical (unpaired) electrons. The van der Waals surface area contributed by atoms with Gasteiger partial charge in [0.15, 0.2) is 0 Å². The standard InChI is InChI=1S/C23H19ClFNO3/c24-18-11-14(6-9-19(18)25)16-3-1-2-4-21(16)29-15-8-5-13-7-10-20(26)22(23(27)28)17(13)12-15/h1-6,8-9,11-12,20,22H,7,10,26H2,(H,27,28). The second-order valence-electron chi connectivity index (χ2n) is 7.11. The highest BCUT2D eigenvalue weighted by Crippen LogP contribution is 2.38. The van der Waals surface area contributed by atoms with Gasteiger partial charge in [0.2, 0.25) is 0 Å². The van der Waals surface area contributed by atoms with Gasteiger partial charge in [-0.05, 0) is 59.9 Å². The second kappa shape index (κ2) is 7.85. The monoisotopic (exact) mass is 411 g/mol. The van der Waals surface area contributed by atoms with Crippen molar-refractivity contribution in [2.45, 2.75) is 24.8 Å². The third kappa shape index (κ3) is 3.84. The molecule has 0 fully saturated rings. The lowest BCUT2D eigenvalue weighted by Crippen LogP contribution is -2.37. The number of nitrogens with two attached hydrogens (primary N) is 1. The number of aliphatic carboxylic acids is 1. The molecule has 2 unspecified atom stereocenters. The first-order chi connectivity index (χ1) is 13.9. The molecule has 4 nitrogen and oxygen atoms in total. The first-order valence-electron chi connectivity index (χ1n) is 9.27. The van der Waals surface area contributed by atoms with Gasteiger partial charge < -0.3 is 15.6 Å². The van der Waals surface area contributed by atoms with Crippen molar-refractivity contribution in [1.82, 2.24) is 0 Å². The van der Waals surface area contributed by atoms with Crippen molar-refractivity contribution in [2.24, 2.45) is 5.73 Å². The Bertz CT molecular complexity index is 1090. The van der Waals surface area contributed by atoms with Gasteiger partial charge in [-0.3, -0.25) is 4.79 Å². The Morgan fingerprint density at radius 3 is 2.69 bits per heavy atom. The Labute approximate surface area is 172 Å². The van der Waals surface area contributed by atoms with Gasteiger partial charge in [-0.2, -0.15) is 0 Å². The largest absolute Gasteiger partial charge is 0.481 e. The highest BCUT2D eigenvalue weighted by atomic mass is 35.5. The van der Waals surface area contributed by atoms with Crippen LogP contribution in [0.1, 0.15) is 23.5 Å². The fraction of sp³-hybridized carbons (Fsp3) is 0.174. The van der Waals surface area contributed by atoms with Crippen LogP contribution in [0.25, 0.3) is 11.1 Å². The van der Waals surface area contributed by atoms with Crippen molar-refractivity contribution in [3.63, 3.8) is 0 Å².